The normalized spacial score (nSPS) is 26.6. The SMILES string of the molecule is CCO[C@@H]1C[C@@H](NCc2ccc(OC)nc2)C12CCCCC2. The highest BCUT2D eigenvalue weighted by Crippen LogP contribution is 2.53. The maximum Gasteiger partial charge on any atom is 0.212 e. The van der Waals surface area contributed by atoms with Gasteiger partial charge in [0.1, 0.15) is 0 Å². The molecule has 1 aromatic rings. The van der Waals surface area contributed by atoms with Gasteiger partial charge >= 0.3 is 0 Å². The molecule has 0 amide bonds. The second kappa shape index (κ2) is 6.97. The summed E-state index contributed by atoms with van der Waals surface area (Å²) in [4.78, 5) is 4.28. The van der Waals surface area contributed by atoms with Crippen LogP contribution in [0.1, 0.15) is 51.0 Å². The van der Waals surface area contributed by atoms with Crippen LogP contribution in [0.2, 0.25) is 0 Å². The molecule has 1 spiro atoms. The summed E-state index contributed by atoms with van der Waals surface area (Å²) in [5.41, 5.74) is 1.60. The Morgan fingerprint density at radius 2 is 2.09 bits per heavy atom. The van der Waals surface area contributed by atoms with E-state index in [0.29, 0.717) is 23.4 Å². The number of rotatable bonds is 6. The fourth-order valence-corrected chi connectivity index (χ4v) is 4.23. The Balaban J connectivity index is 1.59. The Labute approximate surface area is 133 Å². The van der Waals surface area contributed by atoms with Crippen molar-refractivity contribution in [2.24, 2.45) is 5.41 Å². The van der Waals surface area contributed by atoms with Crippen LogP contribution in [0.4, 0.5) is 0 Å². The molecule has 4 nitrogen and oxygen atoms in total. The number of nitrogens with zero attached hydrogens (tertiary/aromatic N) is 1. The summed E-state index contributed by atoms with van der Waals surface area (Å²) in [6, 6.07) is 4.61. The number of hydrogen-bond acceptors (Lipinski definition) is 4. The number of hydrogen-bond donors (Lipinski definition) is 1. The van der Waals surface area contributed by atoms with Crippen LogP contribution in [0.5, 0.6) is 5.88 Å². The van der Waals surface area contributed by atoms with Crippen LogP contribution in [0.25, 0.3) is 0 Å². The zero-order valence-corrected chi connectivity index (χ0v) is 13.8. The molecule has 2 aliphatic carbocycles. The van der Waals surface area contributed by atoms with Crippen molar-refractivity contribution in [3.63, 3.8) is 0 Å². The van der Waals surface area contributed by atoms with Crippen molar-refractivity contribution >= 4 is 0 Å². The Hall–Kier alpha value is -1.13. The van der Waals surface area contributed by atoms with Gasteiger partial charge in [0.25, 0.3) is 0 Å². The van der Waals surface area contributed by atoms with Crippen LogP contribution in [0.3, 0.4) is 0 Å². The standard InChI is InChI=1S/C18H28N2O2/c1-3-22-16-11-15(18(16)9-5-4-6-10-18)19-12-14-7-8-17(21-2)20-13-14/h7-8,13,15-16,19H,3-6,9-12H2,1-2H3/t15-,16-/m1/s1. The van der Waals surface area contributed by atoms with E-state index in [9.17, 15) is 0 Å². The summed E-state index contributed by atoms with van der Waals surface area (Å²) in [7, 11) is 1.65. The summed E-state index contributed by atoms with van der Waals surface area (Å²) in [5.74, 6) is 0.674. The molecule has 0 aliphatic heterocycles. The third-order valence-corrected chi connectivity index (χ3v) is 5.50. The van der Waals surface area contributed by atoms with Gasteiger partial charge in [0.2, 0.25) is 5.88 Å². The minimum atomic E-state index is 0.383. The molecular formula is C18H28N2O2. The molecule has 2 aliphatic rings. The lowest BCUT2D eigenvalue weighted by Gasteiger charge is -2.58. The first-order valence-corrected chi connectivity index (χ1v) is 8.62. The van der Waals surface area contributed by atoms with E-state index in [1.807, 2.05) is 12.3 Å². The summed E-state index contributed by atoms with van der Waals surface area (Å²) in [5, 5.41) is 3.76. The zero-order chi connectivity index (χ0) is 15.4. The van der Waals surface area contributed by atoms with E-state index in [-0.39, 0.29) is 0 Å². The molecule has 4 heteroatoms. The monoisotopic (exact) mass is 304 g/mol. The molecule has 0 aromatic carbocycles. The highest BCUT2D eigenvalue weighted by Gasteiger charge is 2.55. The number of ether oxygens (including phenoxy) is 2. The van der Waals surface area contributed by atoms with E-state index in [1.165, 1.54) is 37.7 Å². The number of aromatic nitrogens is 1. The number of pyridine rings is 1. The lowest BCUT2D eigenvalue weighted by molar-refractivity contribution is -0.150. The fourth-order valence-electron chi connectivity index (χ4n) is 4.23. The molecule has 122 valence electrons. The second-order valence-electron chi connectivity index (χ2n) is 6.62. The molecule has 2 saturated carbocycles. The van der Waals surface area contributed by atoms with E-state index in [4.69, 9.17) is 9.47 Å². The van der Waals surface area contributed by atoms with Crippen molar-refractivity contribution < 1.29 is 9.47 Å². The average Bonchev–Trinajstić information content (AvgIpc) is 2.58. The van der Waals surface area contributed by atoms with E-state index in [0.717, 1.165) is 19.6 Å². The number of methoxy groups -OCH3 is 1. The first kappa shape index (κ1) is 15.8. The Morgan fingerprint density at radius 3 is 2.73 bits per heavy atom. The molecule has 0 saturated heterocycles. The third kappa shape index (κ3) is 2.99. The van der Waals surface area contributed by atoms with Gasteiger partial charge in [-0.3, -0.25) is 0 Å². The van der Waals surface area contributed by atoms with E-state index < -0.39 is 0 Å². The second-order valence-corrected chi connectivity index (χ2v) is 6.62. The molecule has 1 heterocycles. The maximum atomic E-state index is 6.01. The smallest absolute Gasteiger partial charge is 0.212 e. The predicted octanol–water partition coefficient (Wildman–Crippen LogP) is 3.31. The van der Waals surface area contributed by atoms with Crippen LogP contribution in [-0.2, 0) is 11.3 Å². The van der Waals surface area contributed by atoms with Gasteiger partial charge in [-0.2, -0.15) is 0 Å². The van der Waals surface area contributed by atoms with Crippen LogP contribution in [0.15, 0.2) is 18.3 Å². The van der Waals surface area contributed by atoms with Crippen LogP contribution in [0, 0.1) is 5.41 Å². The van der Waals surface area contributed by atoms with Crippen molar-refractivity contribution in [3.8, 4) is 5.88 Å². The average molecular weight is 304 g/mol. The summed E-state index contributed by atoms with van der Waals surface area (Å²) in [6.45, 7) is 3.82. The topological polar surface area (TPSA) is 43.4 Å². The van der Waals surface area contributed by atoms with Crippen LogP contribution in [-0.4, -0.2) is 30.8 Å². The molecule has 22 heavy (non-hydrogen) atoms. The first-order valence-electron chi connectivity index (χ1n) is 8.62. The van der Waals surface area contributed by atoms with Crippen molar-refractivity contribution in [1.29, 1.82) is 0 Å². The molecular weight excluding hydrogens is 276 g/mol. The van der Waals surface area contributed by atoms with E-state index >= 15 is 0 Å². The first-order chi connectivity index (χ1) is 10.8. The van der Waals surface area contributed by atoms with Gasteiger partial charge in [0.05, 0.1) is 13.2 Å². The molecule has 0 bridgehead atoms. The van der Waals surface area contributed by atoms with Gasteiger partial charge in [-0.15, -0.1) is 0 Å². The number of nitrogens with one attached hydrogen (secondary N) is 1. The third-order valence-electron chi connectivity index (χ3n) is 5.50. The lowest BCUT2D eigenvalue weighted by atomic mass is 9.55. The Bertz CT molecular complexity index is 468. The highest BCUT2D eigenvalue weighted by molar-refractivity contribution is 5.18. The van der Waals surface area contributed by atoms with Crippen molar-refractivity contribution in [3.05, 3.63) is 23.9 Å². The predicted molar refractivity (Wildman–Crippen MR) is 87.0 cm³/mol. The Morgan fingerprint density at radius 1 is 1.27 bits per heavy atom. The summed E-state index contributed by atoms with van der Waals surface area (Å²) in [6.07, 6.45) is 10.2. The van der Waals surface area contributed by atoms with Gasteiger partial charge in [-0.25, -0.2) is 4.98 Å². The van der Waals surface area contributed by atoms with Gasteiger partial charge in [-0.05, 0) is 31.7 Å². The van der Waals surface area contributed by atoms with E-state index in [1.54, 1.807) is 7.11 Å². The minimum Gasteiger partial charge on any atom is -0.481 e. The maximum absolute atomic E-state index is 6.01. The quantitative estimate of drug-likeness (QED) is 0.875. The molecule has 1 aromatic heterocycles. The van der Waals surface area contributed by atoms with Crippen LogP contribution < -0.4 is 10.1 Å². The molecule has 2 fully saturated rings. The zero-order valence-electron chi connectivity index (χ0n) is 13.8. The largest absolute Gasteiger partial charge is 0.481 e. The molecule has 2 atom stereocenters. The summed E-state index contributed by atoms with van der Waals surface area (Å²) >= 11 is 0. The van der Waals surface area contributed by atoms with Gasteiger partial charge in [0, 0.05) is 36.9 Å². The highest BCUT2D eigenvalue weighted by atomic mass is 16.5. The Kier molecular flexibility index (Phi) is 4.99. The van der Waals surface area contributed by atoms with Crippen molar-refractivity contribution in [2.75, 3.05) is 13.7 Å². The van der Waals surface area contributed by atoms with Gasteiger partial charge in [-0.1, -0.05) is 25.3 Å². The molecule has 3 rings (SSSR count). The van der Waals surface area contributed by atoms with Crippen molar-refractivity contribution in [2.45, 2.75) is 64.1 Å². The molecule has 0 unspecified atom stereocenters. The lowest BCUT2D eigenvalue weighted by Crippen LogP contribution is -2.64. The van der Waals surface area contributed by atoms with E-state index in [2.05, 4.69) is 23.3 Å². The minimum absolute atomic E-state index is 0.383. The molecule has 0 radical (unpaired) electrons. The van der Waals surface area contributed by atoms with Gasteiger partial charge < -0.3 is 14.8 Å². The van der Waals surface area contributed by atoms with Crippen molar-refractivity contribution in [1.82, 2.24) is 10.3 Å². The summed E-state index contributed by atoms with van der Waals surface area (Å²) < 4.78 is 11.1. The van der Waals surface area contributed by atoms with Gasteiger partial charge in [0.15, 0.2) is 0 Å². The van der Waals surface area contributed by atoms with Crippen LogP contribution >= 0.6 is 0 Å². The fraction of sp³-hybridized carbons (Fsp3) is 0.722. The molecule has 1 N–H and O–H groups in total.